The van der Waals surface area contributed by atoms with Gasteiger partial charge < -0.3 is 5.32 Å². The van der Waals surface area contributed by atoms with Gasteiger partial charge in [0.05, 0.1) is 11.8 Å². The summed E-state index contributed by atoms with van der Waals surface area (Å²) in [6, 6.07) is 0. The molecule has 0 amide bonds. The molecule has 1 atom stereocenters. The number of nitrogens with zero attached hydrogens (tertiary/aromatic N) is 2. The molecule has 1 unspecified atom stereocenters. The van der Waals surface area contributed by atoms with Crippen molar-refractivity contribution in [2.45, 2.75) is 5.25 Å². The van der Waals surface area contributed by atoms with Crippen molar-refractivity contribution < 1.29 is 0 Å². The summed E-state index contributed by atoms with van der Waals surface area (Å²) in [7, 11) is 0. The number of H-pyrrole nitrogens is 1. The maximum Gasteiger partial charge on any atom is 0.263 e. The van der Waals surface area contributed by atoms with Gasteiger partial charge in [0.1, 0.15) is 5.82 Å². The largest absolute Gasteiger partial charge is 0.320 e. The molecular weight excluding hydrogens is 166 g/mol. The lowest BCUT2D eigenvalue weighted by molar-refractivity contribution is 0.715. The number of aliphatic imine (C=N–C) groups is 1. The second-order valence-corrected chi connectivity index (χ2v) is 2.83. The molecule has 1 aromatic heterocycles. The van der Waals surface area contributed by atoms with Crippen LogP contribution >= 0.6 is 11.6 Å². The minimum Gasteiger partial charge on any atom is -0.320 e. The third kappa shape index (κ3) is 1.08. The van der Waals surface area contributed by atoms with E-state index in [4.69, 9.17) is 17.3 Å². The fraction of sp³-hybridized carbons (Fsp3) is 0.200. The summed E-state index contributed by atoms with van der Waals surface area (Å²) in [5, 5.41) is 7.98. The Hall–Kier alpha value is -1.07. The van der Waals surface area contributed by atoms with Crippen molar-refractivity contribution in [3.8, 4) is 0 Å². The maximum absolute atomic E-state index is 5.68. The summed E-state index contributed by atoms with van der Waals surface area (Å²) < 4.78 is 0. The van der Waals surface area contributed by atoms with E-state index in [9.17, 15) is 0 Å². The van der Waals surface area contributed by atoms with E-state index in [1.165, 1.54) is 0 Å². The van der Waals surface area contributed by atoms with E-state index in [2.05, 4.69) is 20.5 Å². The van der Waals surface area contributed by atoms with Gasteiger partial charge in [-0.05, 0) is 0 Å². The quantitative estimate of drug-likeness (QED) is 0.382. The number of halogens is 1. The van der Waals surface area contributed by atoms with Crippen molar-refractivity contribution in [3.63, 3.8) is 0 Å². The van der Waals surface area contributed by atoms with E-state index < -0.39 is 5.25 Å². The molecule has 5 nitrogen and oxygen atoms in total. The minimum atomic E-state index is -1.24. The Morgan fingerprint density at radius 3 is 3.27 bits per heavy atom. The maximum atomic E-state index is 5.68. The summed E-state index contributed by atoms with van der Waals surface area (Å²) in [4.78, 5) is 3.82. The van der Waals surface area contributed by atoms with Crippen LogP contribution in [0.15, 0.2) is 11.2 Å². The number of nitrogens with two attached hydrogens (primary N) is 1. The molecule has 0 spiro atoms. The smallest absolute Gasteiger partial charge is 0.263 e. The number of hydrogen-bond donors (Lipinski definition) is 3. The van der Waals surface area contributed by atoms with Crippen molar-refractivity contribution in [1.29, 1.82) is 0 Å². The van der Waals surface area contributed by atoms with E-state index in [-0.39, 0.29) is 0 Å². The molecule has 6 heteroatoms. The fourth-order valence-electron chi connectivity index (χ4n) is 0.865. The summed E-state index contributed by atoms with van der Waals surface area (Å²) in [6.45, 7) is 0. The zero-order valence-corrected chi connectivity index (χ0v) is 6.26. The first-order chi connectivity index (χ1) is 5.17. The zero-order valence-electron chi connectivity index (χ0n) is 5.50. The molecule has 0 saturated carbocycles. The van der Waals surface area contributed by atoms with E-state index >= 15 is 0 Å². The SMILES string of the molecule is NC1(Cl)N=Cc2cn[nH]c2N1. The van der Waals surface area contributed by atoms with Crippen LogP contribution in [0.2, 0.25) is 0 Å². The molecule has 4 N–H and O–H groups in total. The van der Waals surface area contributed by atoms with Crippen molar-refractivity contribution >= 4 is 23.6 Å². The van der Waals surface area contributed by atoms with Gasteiger partial charge in [0, 0.05) is 6.21 Å². The number of rotatable bonds is 0. The van der Waals surface area contributed by atoms with Crippen molar-refractivity contribution in [2.75, 3.05) is 5.32 Å². The molecule has 1 aliphatic heterocycles. The Morgan fingerprint density at radius 1 is 1.64 bits per heavy atom. The van der Waals surface area contributed by atoms with Crippen LogP contribution in [0, 0.1) is 0 Å². The van der Waals surface area contributed by atoms with Gasteiger partial charge in [-0.1, -0.05) is 11.6 Å². The van der Waals surface area contributed by atoms with E-state index in [0.717, 1.165) is 5.56 Å². The zero-order chi connectivity index (χ0) is 7.90. The number of nitrogens with one attached hydrogen (secondary N) is 2. The Morgan fingerprint density at radius 2 is 2.45 bits per heavy atom. The fourth-order valence-corrected chi connectivity index (χ4v) is 1.01. The van der Waals surface area contributed by atoms with Crippen LogP contribution in [0.25, 0.3) is 0 Å². The lowest BCUT2D eigenvalue weighted by Crippen LogP contribution is -2.41. The Bertz CT molecular complexity index is 302. The lowest BCUT2D eigenvalue weighted by atomic mass is 10.3. The highest BCUT2D eigenvalue weighted by Crippen LogP contribution is 2.20. The summed E-state index contributed by atoms with van der Waals surface area (Å²) >= 11 is 5.68. The average Bonchev–Trinajstić information content (AvgIpc) is 2.31. The highest BCUT2D eigenvalue weighted by atomic mass is 35.5. The van der Waals surface area contributed by atoms with E-state index in [0.29, 0.717) is 5.82 Å². The number of hydrogen-bond acceptors (Lipinski definition) is 4. The molecule has 2 rings (SSSR count). The van der Waals surface area contributed by atoms with Crippen LogP contribution in [0.4, 0.5) is 5.82 Å². The van der Waals surface area contributed by atoms with Gasteiger partial charge in [0.15, 0.2) is 0 Å². The number of alkyl halides is 1. The molecule has 0 aliphatic carbocycles. The molecule has 2 heterocycles. The van der Waals surface area contributed by atoms with Gasteiger partial charge in [0.25, 0.3) is 5.25 Å². The van der Waals surface area contributed by atoms with Crippen LogP contribution < -0.4 is 11.1 Å². The Balaban J connectivity index is 2.44. The van der Waals surface area contributed by atoms with Gasteiger partial charge in [-0.3, -0.25) is 10.8 Å². The molecule has 58 valence electrons. The summed E-state index contributed by atoms with van der Waals surface area (Å²) in [6.07, 6.45) is 3.21. The number of fused-ring (bicyclic) bond motifs is 1. The van der Waals surface area contributed by atoms with Crippen LogP contribution in [0.1, 0.15) is 5.56 Å². The predicted octanol–water partition coefficient (Wildman–Crippen LogP) is 0.0629. The third-order valence-corrected chi connectivity index (χ3v) is 1.55. The Kier molecular flexibility index (Phi) is 1.18. The van der Waals surface area contributed by atoms with Crippen LogP contribution in [-0.2, 0) is 0 Å². The number of anilines is 1. The monoisotopic (exact) mass is 171 g/mol. The van der Waals surface area contributed by atoms with Gasteiger partial charge in [-0.15, -0.1) is 0 Å². The molecule has 11 heavy (non-hydrogen) atoms. The minimum absolute atomic E-state index is 0.692. The second kappa shape index (κ2) is 1.96. The molecule has 0 aromatic carbocycles. The van der Waals surface area contributed by atoms with Gasteiger partial charge in [0.2, 0.25) is 0 Å². The first kappa shape index (κ1) is 6.63. The molecule has 1 aromatic rings. The normalized spacial score (nSPS) is 27.8. The summed E-state index contributed by atoms with van der Waals surface area (Å²) in [5.41, 5.74) is 6.31. The lowest BCUT2D eigenvalue weighted by Gasteiger charge is -2.21. The standard InChI is InChI=1S/C5H6ClN5/c6-5(7)8-1-3-2-9-11-4(3)10-5/h1-2H,7H2,(H2,9,10,11). The van der Waals surface area contributed by atoms with Gasteiger partial charge >= 0.3 is 0 Å². The topological polar surface area (TPSA) is 79.1 Å². The van der Waals surface area contributed by atoms with Crippen LogP contribution in [0.3, 0.4) is 0 Å². The predicted molar refractivity (Wildman–Crippen MR) is 42.6 cm³/mol. The summed E-state index contributed by atoms with van der Waals surface area (Å²) in [5.74, 6) is 0.692. The average molecular weight is 172 g/mol. The van der Waals surface area contributed by atoms with E-state index in [1.54, 1.807) is 12.4 Å². The first-order valence-electron chi connectivity index (χ1n) is 3.02. The number of aromatic nitrogens is 2. The van der Waals surface area contributed by atoms with Crippen LogP contribution in [0.5, 0.6) is 0 Å². The van der Waals surface area contributed by atoms with Crippen molar-refractivity contribution in [2.24, 2.45) is 10.7 Å². The molecular formula is C5H6ClN5. The number of aromatic amines is 1. The second-order valence-electron chi connectivity index (χ2n) is 2.26. The molecule has 0 fully saturated rings. The molecule has 0 saturated heterocycles. The van der Waals surface area contributed by atoms with Crippen LogP contribution in [-0.4, -0.2) is 21.7 Å². The van der Waals surface area contributed by atoms with Crippen molar-refractivity contribution in [3.05, 3.63) is 11.8 Å². The van der Waals surface area contributed by atoms with E-state index in [1.807, 2.05) is 0 Å². The highest BCUT2D eigenvalue weighted by molar-refractivity contribution is 6.25. The highest BCUT2D eigenvalue weighted by Gasteiger charge is 2.24. The van der Waals surface area contributed by atoms with Gasteiger partial charge in [-0.2, -0.15) is 5.10 Å². The molecule has 0 bridgehead atoms. The van der Waals surface area contributed by atoms with Gasteiger partial charge in [-0.25, -0.2) is 4.99 Å². The molecule has 1 aliphatic rings. The molecule has 0 radical (unpaired) electrons. The Labute approximate surface area is 67.6 Å². The third-order valence-electron chi connectivity index (χ3n) is 1.36. The van der Waals surface area contributed by atoms with Crippen molar-refractivity contribution in [1.82, 2.24) is 10.2 Å². The first-order valence-corrected chi connectivity index (χ1v) is 3.40.